The lowest BCUT2D eigenvalue weighted by molar-refractivity contribution is 0.0182. The van der Waals surface area contributed by atoms with Crippen LogP contribution in [0.15, 0.2) is 16.6 Å². The second kappa shape index (κ2) is 8.47. The maximum absolute atomic E-state index is 13.2. The average molecular weight is 336 g/mol. The molecule has 1 aromatic rings. The van der Waals surface area contributed by atoms with E-state index in [4.69, 9.17) is 9.47 Å². The molecule has 0 saturated heterocycles. The summed E-state index contributed by atoms with van der Waals surface area (Å²) in [6, 6.07) is 3.09. The Morgan fingerprint density at radius 2 is 2.16 bits per heavy atom. The van der Waals surface area contributed by atoms with Crippen LogP contribution in [0.1, 0.15) is 5.56 Å². The highest BCUT2D eigenvalue weighted by Crippen LogP contribution is 2.24. The van der Waals surface area contributed by atoms with Crippen LogP contribution in [0.25, 0.3) is 0 Å². The molecule has 0 spiro atoms. The van der Waals surface area contributed by atoms with Crippen LogP contribution in [-0.4, -0.2) is 44.7 Å². The van der Waals surface area contributed by atoms with Gasteiger partial charge in [0.1, 0.15) is 5.82 Å². The minimum absolute atomic E-state index is 0.234. The predicted octanol–water partition coefficient (Wildman–Crippen LogP) is 2.33. The van der Waals surface area contributed by atoms with Crippen molar-refractivity contribution in [1.29, 1.82) is 0 Å². The van der Waals surface area contributed by atoms with Crippen LogP contribution in [0, 0.1) is 12.7 Å². The summed E-state index contributed by atoms with van der Waals surface area (Å²) >= 11 is 3.13. The van der Waals surface area contributed by atoms with Crippen molar-refractivity contribution < 1.29 is 19.0 Å². The third kappa shape index (κ3) is 5.86. The molecule has 1 aromatic carbocycles. The second-order valence-electron chi connectivity index (χ2n) is 4.18. The summed E-state index contributed by atoms with van der Waals surface area (Å²) in [4.78, 5) is 0. The Bertz CT molecular complexity index is 404. The number of methoxy groups -OCH3 is 1. The van der Waals surface area contributed by atoms with Crippen molar-refractivity contribution in [2.45, 2.75) is 13.0 Å². The van der Waals surface area contributed by atoms with Crippen LogP contribution >= 0.6 is 15.9 Å². The monoisotopic (exact) mass is 335 g/mol. The Labute approximate surface area is 121 Å². The van der Waals surface area contributed by atoms with E-state index in [-0.39, 0.29) is 12.4 Å². The van der Waals surface area contributed by atoms with Gasteiger partial charge in [0.25, 0.3) is 0 Å². The van der Waals surface area contributed by atoms with Gasteiger partial charge in [-0.05, 0) is 40.5 Å². The first-order chi connectivity index (χ1) is 9.04. The molecule has 19 heavy (non-hydrogen) atoms. The predicted molar refractivity (Wildman–Crippen MR) is 76.0 cm³/mol. The quantitative estimate of drug-likeness (QED) is 0.716. The van der Waals surface area contributed by atoms with Crippen molar-refractivity contribution in [2.75, 3.05) is 38.8 Å². The van der Waals surface area contributed by atoms with Gasteiger partial charge in [0.15, 0.2) is 0 Å². The van der Waals surface area contributed by atoms with Crippen LogP contribution in [0.2, 0.25) is 0 Å². The van der Waals surface area contributed by atoms with Crippen LogP contribution in [0.4, 0.5) is 10.1 Å². The molecule has 108 valence electrons. The number of hydrogen-bond acceptors (Lipinski definition) is 4. The Balaban J connectivity index is 2.37. The lowest BCUT2D eigenvalue weighted by Gasteiger charge is -2.15. The molecule has 1 rings (SSSR count). The number of aliphatic hydroxyl groups is 1. The van der Waals surface area contributed by atoms with E-state index in [0.29, 0.717) is 24.2 Å². The molecule has 0 aliphatic carbocycles. The highest BCUT2D eigenvalue weighted by Gasteiger charge is 2.08. The Morgan fingerprint density at radius 1 is 1.42 bits per heavy atom. The first-order valence-electron chi connectivity index (χ1n) is 5.99. The summed E-state index contributed by atoms with van der Waals surface area (Å²) in [5.41, 5.74) is 1.57. The maximum Gasteiger partial charge on any atom is 0.137 e. The Morgan fingerprint density at radius 3 is 2.84 bits per heavy atom. The Hall–Kier alpha value is -0.690. The summed E-state index contributed by atoms with van der Waals surface area (Å²) in [5, 5.41) is 12.8. The molecule has 0 heterocycles. The molecule has 4 nitrogen and oxygen atoms in total. The van der Waals surface area contributed by atoms with Gasteiger partial charge in [-0.3, -0.25) is 0 Å². The third-order valence-electron chi connectivity index (χ3n) is 2.54. The number of anilines is 1. The van der Waals surface area contributed by atoms with Crippen LogP contribution in [-0.2, 0) is 9.47 Å². The Kier molecular flexibility index (Phi) is 7.30. The van der Waals surface area contributed by atoms with Gasteiger partial charge >= 0.3 is 0 Å². The van der Waals surface area contributed by atoms with E-state index in [1.54, 1.807) is 20.1 Å². The van der Waals surface area contributed by atoms with Crippen molar-refractivity contribution in [3.8, 4) is 0 Å². The van der Waals surface area contributed by atoms with Crippen molar-refractivity contribution >= 4 is 21.6 Å². The van der Waals surface area contributed by atoms with Gasteiger partial charge < -0.3 is 19.9 Å². The zero-order valence-corrected chi connectivity index (χ0v) is 12.7. The lowest BCUT2D eigenvalue weighted by Crippen LogP contribution is -2.25. The topological polar surface area (TPSA) is 50.7 Å². The molecule has 0 aliphatic rings. The molecular formula is C13H19BrFNO3. The average Bonchev–Trinajstić information content (AvgIpc) is 2.37. The minimum Gasteiger partial charge on any atom is -0.389 e. The third-order valence-corrected chi connectivity index (χ3v) is 3.15. The van der Waals surface area contributed by atoms with Crippen molar-refractivity contribution in [1.82, 2.24) is 0 Å². The first kappa shape index (κ1) is 16.4. The molecule has 6 heteroatoms. The van der Waals surface area contributed by atoms with Gasteiger partial charge in [-0.1, -0.05) is 0 Å². The molecule has 0 aromatic heterocycles. The van der Waals surface area contributed by atoms with Gasteiger partial charge in [0, 0.05) is 19.3 Å². The number of hydrogen-bond donors (Lipinski definition) is 2. The van der Waals surface area contributed by atoms with E-state index in [1.165, 1.54) is 6.07 Å². The van der Waals surface area contributed by atoms with Gasteiger partial charge in [0.05, 0.1) is 30.4 Å². The number of ether oxygens (including phenoxy) is 2. The smallest absolute Gasteiger partial charge is 0.137 e. The SMILES string of the molecule is COCCOCC(O)CNc1cc(Br)c(F)cc1C. The lowest BCUT2D eigenvalue weighted by atomic mass is 10.2. The zero-order valence-electron chi connectivity index (χ0n) is 11.1. The zero-order chi connectivity index (χ0) is 14.3. The van der Waals surface area contributed by atoms with Crippen LogP contribution < -0.4 is 5.32 Å². The number of halogens is 2. The van der Waals surface area contributed by atoms with Crippen LogP contribution in [0.5, 0.6) is 0 Å². The normalized spacial score (nSPS) is 12.5. The number of rotatable bonds is 8. The molecule has 1 unspecified atom stereocenters. The van der Waals surface area contributed by atoms with E-state index in [1.807, 2.05) is 0 Å². The van der Waals surface area contributed by atoms with Crippen molar-refractivity contribution in [3.63, 3.8) is 0 Å². The van der Waals surface area contributed by atoms with Crippen molar-refractivity contribution in [2.24, 2.45) is 0 Å². The molecule has 1 atom stereocenters. The highest BCUT2D eigenvalue weighted by atomic mass is 79.9. The highest BCUT2D eigenvalue weighted by molar-refractivity contribution is 9.10. The fraction of sp³-hybridized carbons (Fsp3) is 0.538. The van der Waals surface area contributed by atoms with E-state index in [2.05, 4.69) is 21.2 Å². The second-order valence-corrected chi connectivity index (χ2v) is 5.04. The van der Waals surface area contributed by atoms with E-state index in [9.17, 15) is 9.50 Å². The van der Waals surface area contributed by atoms with Gasteiger partial charge in [-0.15, -0.1) is 0 Å². The van der Waals surface area contributed by atoms with Gasteiger partial charge in [-0.2, -0.15) is 0 Å². The number of aryl methyl sites for hydroxylation is 1. The fourth-order valence-electron chi connectivity index (χ4n) is 1.49. The number of nitrogens with one attached hydrogen (secondary N) is 1. The standard InChI is InChI=1S/C13H19BrFNO3/c1-9-5-12(15)11(14)6-13(9)16-7-10(17)8-19-4-3-18-2/h5-6,10,16-17H,3-4,7-8H2,1-2H3. The largest absolute Gasteiger partial charge is 0.389 e. The van der Waals surface area contributed by atoms with Crippen LogP contribution in [0.3, 0.4) is 0 Å². The summed E-state index contributed by atoms with van der Waals surface area (Å²) in [6.45, 7) is 3.34. The van der Waals surface area contributed by atoms with Gasteiger partial charge in [0.2, 0.25) is 0 Å². The molecule has 0 bridgehead atoms. The molecule has 0 radical (unpaired) electrons. The van der Waals surface area contributed by atoms with Crippen molar-refractivity contribution in [3.05, 3.63) is 28.0 Å². The first-order valence-corrected chi connectivity index (χ1v) is 6.78. The maximum atomic E-state index is 13.2. The minimum atomic E-state index is -0.625. The van der Waals surface area contributed by atoms with E-state index in [0.717, 1.165) is 11.3 Å². The van der Waals surface area contributed by atoms with E-state index < -0.39 is 6.10 Å². The number of benzene rings is 1. The van der Waals surface area contributed by atoms with E-state index >= 15 is 0 Å². The molecule has 0 fully saturated rings. The molecule has 0 amide bonds. The summed E-state index contributed by atoms with van der Waals surface area (Å²) in [6.07, 6.45) is -0.625. The summed E-state index contributed by atoms with van der Waals surface area (Å²) in [5.74, 6) is -0.300. The van der Waals surface area contributed by atoms with Gasteiger partial charge in [-0.25, -0.2) is 4.39 Å². The molecular weight excluding hydrogens is 317 g/mol. The molecule has 2 N–H and O–H groups in total. The summed E-state index contributed by atoms with van der Waals surface area (Å²) < 4.78 is 23.7. The fourth-order valence-corrected chi connectivity index (χ4v) is 1.83. The molecule has 0 saturated carbocycles. The molecule has 0 aliphatic heterocycles. The number of aliphatic hydroxyl groups excluding tert-OH is 1. The summed E-state index contributed by atoms with van der Waals surface area (Å²) in [7, 11) is 1.59.